The van der Waals surface area contributed by atoms with E-state index in [1.807, 2.05) is 23.1 Å². The molecule has 4 heteroatoms. The fraction of sp³-hybridized carbons (Fsp3) is 0.562. The second-order valence-corrected chi connectivity index (χ2v) is 5.77. The van der Waals surface area contributed by atoms with Gasteiger partial charge in [-0.15, -0.1) is 0 Å². The van der Waals surface area contributed by atoms with Gasteiger partial charge >= 0.3 is 6.09 Å². The number of rotatable bonds is 5. The number of carbonyl (C=O) groups is 1. The van der Waals surface area contributed by atoms with Crippen LogP contribution >= 0.6 is 0 Å². The summed E-state index contributed by atoms with van der Waals surface area (Å²) in [6.45, 7) is 6.73. The zero-order valence-corrected chi connectivity index (χ0v) is 12.3. The zero-order valence-electron chi connectivity index (χ0n) is 12.3. The molecule has 1 saturated heterocycles. The fourth-order valence-electron chi connectivity index (χ4n) is 2.50. The van der Waals surface area contributed by atoms with Crippen molar-refractivity contribution in [2.24, 2.45) is 5.92 Å². The van der Waals surface area contributed by atoms with Gasteiger partial charge in [0.2, 0.25) is 0 Å². The first-order valence-corrected chi connectivity index (χ1v) is 7.40. The Kier molecular flexibility index (Phi) is 5.41. The highest BCUT2D eigenvalue weighted by atomic mass is 16.6. The lowest BCUT2D eigenvalue weighted by Gasteiger charge is -2.26. The van der Waals surface area contributed by atoms with Crippen molar-refractivity contribution in [3.8, 4) is 5.75 Å². The fourth-order valence-corrected chi connectivity index (χ4v) is 2.50. The van der Waals surface area contributed by atoms with Crippen LogP contribution in [0.25, 0.3) is 0 Å². The van der Waals surface area contributed by atoms with E-state index in [0.717, 1.165) is 26.1 Å². The van der Waals surface area contributed by atoms with Crippen molar-refractivity contribution in [2.75, 3.05) is 19.6 Å². The highest BCUT2D eigenvalue weighted by Crippen LogP contribution is 2.13. The van der Waals surface area contributed by atoms with E-state index in [1.54, 1.807) is 12.1 Å². The molecule has 1 fully saturated rings. The first-order valence-electron chi connectivity index (χ1n) is 7.40. The summed E-state index contributed by atoms with van der Waals surface area (Å²) in [7, 11) is 0. The standard InChI is InChI=1S/C16H24N2O2/c1-13(2)11-18(12-14-7-6-10-17-14)16(19)20-15-8-4-3-5-9-15/h3-5,8-9,13-14,17H,6-7,10-12H2,1-2H3. The molecule has 1 aromatic carbocycles. The lowest BCUT2D eigenvalue weighted by Crippen LogP contribution is -2.44. The smallest absolute Gasteiger partial charge is 0.410 e. The molecule has 1 N–H and O–H groups in total. The number of hydrogen-bond acceptors (Lipinski definition) is 3. The van der Waals surface area contributed by atoms with Crippen molar-refractivity contribution in [3.05, 3.63) is 30.3 Å². The summed E-state index contributed by atoms with van der Waals surface area (Å²) in [4.78, 5) is 14.1. The van der Waals surface area contributed by atoms with Gasteiger partial charge in [-0.1, -0.05) is 32.0 Å². The second kappa shape index (κ2) is 7.29. The average molecular weight is 276 g/mol. The molecule has 4 nitrogen and oxygen atoms in total. The molecule has 1 atom stereocenters. The van der Waals surface area contributed by atoms with E-state index in [2.05, 4.69) is 19.2 Å². The van der Waals surface area contributed by atoms with Crippen LogP contribution in [0.15, 0.2) is 30.3 Å². The summed E-state index contributed by atoms with van der Waals surface area (Å²) < 4.78 is 5.45. The SMILES string of the molecule is CC(C)CN(CC1CCCN1)C(=O)Oc1ccccc1. The van der Waals surface area contributed by atoms with Crippen molar-refractivity contribution in [2.45, 2.75) is 32.7 Å². The van der Waals surface area contributed by atoms with Gasteiger partial charge in [0.1, 0.15) is 5.75 Å². The predicted octanol–water partition coefficient (Wildman–Crippen LogP) is 2.90. The number of benzene rings is 1. The van der Waals surface area contributed by atoms with Crippen molar-refractivity contribution in [1.29, 1.82) is 0 Å². The van der Waals surface area contributed by atoms with Crippen LogP contribution in [0, 0.1) is 5.92 Å². The van der Waals surface area contributed by atoms with Crippen LogP contribution in [0.4, 0.5) is 4.79 Å². The Morgan fingerprint density at radius 2 is 2.15 bits per heavy atom. The Labute approximate surface area is 121 Å². The number of hydrogen-bond donors (Lipinski definition) is 1. The first-order chi connectivity index (χ1) is 9.65. The number of carbonyl (C=O) groups excluding carboxylic acids is 1. The molecular weight excluding hydrogens is 252 g/mol. The van der Waals surface area contributed by atoms with Gasteiger partial charge in [-0.2, -0.15) is 0 Å². The number of ether oxygens (including phenoxy) is 1. The minimum Gasteiger partial charge on any atom is -0.410 e. The monoisotopic (exact) mass is 276 g/mol. The van der Waals surface area contributed by atoms with Crippen LogP contribution < -0.4 is 10.1 Å². The molecule has 2 rings (SSSR count). The molecule has 110 valence electrons. The zero-order chi connectivity index (χ0) is 14.4. The van der Waals surface area contributed by atoms with E-state index in [9.17, 15) is 4.79 Å². The summed E-state index contributed by atoms with van der Waals surface area (Å²) in [6.07, 6.45) is 2.07. The Morgan fingerprint density at radius 3 is 2.75 bits per heavy atom. The van der Waals surface area contributed by atoms with E-state index in [1.165, 1.54) is 6.42 Å². The average Bonchev–Trinajstić information content (AvgIpc) is 2.91. The normalized spacial score (nSPS) is 18.2. The molecule has 0 aromatic heterocycles. The Hall–Kier alpha value is -1.55. The first kappa shape index (κ1) is 14.9. The molecule has 1 unspecified atom stereocenters. The molecule has 1 aliphatic rings. The van der Waals surface area contributed by atoms with Crippen LogP contribution in [-0.2, 0) is 0 Å². The third kappa shape index (κ3) is 4.53. The maximum Gasteiger partial charge on any atom is 0.415 e. The summed E-state index contributed by atoms with van der Waals surface area (Å²) in [5.41, 5.74) is 0. The third-order valence-corrected chi connectivity index (χ3v) is 3.40. The van der Waals surface area contributed by atoms with Crippen molar-refractivity contribution in [3.63, 3.8) is 0 Å². The van der Waals surface area contributed by atoms with Gasteiger partial charge < -0.3 is 15.0 Å². The van der Waals surface area contributed by atoms with Crippen LogP contribution in [-0.4, -0.2) is 36.7 Å². The number of para-hydroxylation sites is 1. The second-order valence-electron chi connectivity index (χ2n) is 5.77. The van der Waals surface area contributed by atoms with Gasteiger partial charge in [0.05, 0.1) is 0 Å². The molecule has 1 aromatic rings. The van der Waals surface area contributed by atoms with E-state index in [4.69, 9.17) is 4.74 Å². The quantitative estimate of drug-likeness (QED) is 0.899. The molecule has 0 saturated carbocycles. The van der Waals surface area contributed by atoms with E-state index in [0.29, 0.717) is 17.7 Å². The van der Waals surface area contributed by atoms with Gasteiger partial charge in [0.25, 0.3) is 0 Å². The van der Waals surface area contributed by atoms with Gasteiger partial charge in [0, 0.05) is 19.1 Å². The van der Waals surface area contributed by atoms with Gasteiger partial charge in [-0.25, -0.2) is 4.79 Å². The molecule has 1 aliphatic heterocycles. The predicted molar refractivity (Wildman–Crippen MR) is 79.9 cm³/mol. The highest BCUT2D eigenvalue weighted by Gasteiger charge is 2.23. The van der Waals surface area contributed by atoms with Gasteiger partial charge in [-0.05, 0) is 37.4 Å². The Balaban J connectivity index is 1.95. The molecule has 1 heterocycles. The largest absolute Gasteiger partial charge is 0.415 e. The molecule has 0 radical (unpaired) electrons. The summed E-state index contributed by atoms with van der Waals surface area (Å²) >= 11 is 0. The minimum atomic E-state index is -0.251. The molecule has 0 aliphatic carbocycles. The molecule has 20 heavy (non-hydrogen) atoms. The summed E-state index contributed by atoms with van der Waals surface area (Å²) in [5, 5.41) is 3.43. The third-order valence-electron chi connectivity index (χ3n) is 3.40. The number of nitrogens with one attached hydrogen (secondary N) is 1. The summed E-state index contributed by atoms with van der Waals surface area (Å²) in [5.74, 6) is 1.03. The van der Waals surface area contributed by atoms with Crippen LogP contribution in [0.2, 0.25) is 0 Å². The highest BCUT2D eigenvalue weighted by molar-refractivity contribution is 5.70. The van der Waals surface area contributed by atoms with Crippen molar-refractivity contribution in [1.82, 2.24) is 10.2 Å². The lowest BCUT2D eigenvalue weighted by molar-refractivity contribution is 0.141. The van der Waals surface area contributed by atoms with Gasteiger partial charge in [0.15, 0.2) is 0 Å². The van der Waals surface area contributed by atoms with Crippen molar-refractivity contribution < 1.29 is 9.53 Å². The summed E-state index contributed by atoms with van der Waals surface area (Å²) in [6, 6.07) is 9.66. The topological polar surface area (TPSA) is 41.6 Å². The molecule has 0 spiro atoms. The molecule has 0 bridgehead atoms. The maximum atomic E-state index is 12.3. The number of amides is 1. The molecular formula is C16H24N2O2. The van der Waals surface area contributed by atoms with E-state index >= 15 is 0 Å². The lowest BCUT2D eigenvalue weighted by atomic mass is 10.1. The van der Waals surface area contributed by atoms with Crippen LogP contribution in [0.5, 0.6) is 5.75 Å². The van der Waals surface area contributed by atoms with E-state index in [-0.39, 0.29) is 6.09 Å². The minimum absolute atomic E-state index is 0.251. The van der Waals surface area contributed by atoms with Crippen LogP contribution in [0.1, 0.15) is 26.7 Å². The number of nitrogens with zero attached hydrogens (tertiary/aromatic N) is 1. The van der Waals surface area contributed by atoms with Crippen LogP contribution in [0.3, 0.4) is 0 Å². The van der Waals surface area contributed by atoms with Gasteiger partial charge in [-0.3, -0.25) is 0 Å². The Morgan fingerprint density at radius 1 is 1.40 bits per heavy atom. The molecule has 1 amide bonds. The maximum absolute atomic E-state index is 12.3. The van der Waals surface area contributed by atoms with E-state index < -0.39 is 0 Å². The Bertz CT molecular complexity index is 414. The van der Waals surface area contributed by atoms with Crippen molar-refractivity contribution >= 4 is 6.09 Å².